The average Bonchev–Trinajstić information content (AvgIpc) is 3.04. The number of carbonyl (C=O) groups is 2. The van der Waals surface area contributed by atoms with Gasteiger partial charge in [0.05, 0.1) is 37.9 Å². The van der Waals surface area contributed by atoms with E-state index in [4.69, 9.17) is 4.74 Å². The molecule has 4 rings (SSSR count). The Morgan fingerprint density at radius 1 is 1.20 bits per heavy atom. The van der Waals surface area contributed by atoms with Crippen molar-refractivity contribution in [3.63, 3.8) is 0 Å². The summed E-state index contributed by atoms with van der Waals surface area (Å²) in [4.78, 5) is 31.9. The van der Waals surface area contributed by atoms with Gasteiger partial charge in [-0.3, -0.25) is 9.59 Å². The number of Topliss-reactive ketones (excluding diaryl/α,β-unsaturated/α-hetero) is 1. The molecule has 2 aliphatic heterocycles. The molecule has 156 valence electrons. The lowest BCUT2D eigenvalue weighted by Gasteiger charge is -2.28. The van der Waals surface area contributed by atoms with E-state index in [1.165, 1.54) is 4.90 Å². The number of hydrogen-bond acceptors (Lipinski definition) is 4. The Bertz CT molecular complexity index is 956. The number of nitrogens with one attached hydrogen (secondary N) is 2. The molecule has 1 aromatic carbocycles. The van der Waals surface area contributed by atoms with E-state index in [1.807, 2.05) is 12.1 Å². The molecule has 0 aliphatic carbocycles. The van der Waals surface area contributed by atoms with Gasteiger partial charge in [-0.25, -0.2) is 4.98 Å². The van der Waals surface area contributed by atoms with Gasteiger partial charge in [-0.05, 0) is 18.2 Å². The summed E-state index contributed by atoms with van der Waals surface area (Å²) in [7, 11) is 0. The molecule has 7 nitrogen and oxygen atoms in total. The normalized spacial score (nSPS) is 21.9. The minimum atomic E-state index is -0.652. The number of nitrogens with zero attached hydrogens (tertiary/aromatic N) is 1. The number of H-pyrrole nitrogens is 1. The molecule has 1 unspecified atom stereocenters. The number of aliphatic hydroxyl groups excluding tert-OH is 1. The van der Waals surface area contributed by atoms with Crippen molar-refractivity contribution in [3.05, 3.63) is 70.0 Å². The third-order valence-electron chi connectivity index (χ3n) is 5.61. The maximum absolute atomic E-state index is 13.0. The largest absolute Gasteiger partial charge is 0.507 e. The Kier molecular flexibility index (Phi) is 6.26. The molecular formula is C22H24BrN3O4+2. The molecule has 2 saturated heterocycles. The van der Waals surface area contributed by atoms with E-state index in [1.54, 1.807) is 41.6 Å². The fraction of sp³-hybridized carbons (Fsp3) is 0.318. The van der Waals surface area contributed by atoms with Crippen molar-refractivity contribution in [2.24, 2.45) is 0 Å². The molecule has 1 atom stereocenters. The maximum Gasteiger partial charge on any atom is 0.295 e. The van der Waals surface area contributed by atoms with Gasteiger partial charge in [0.15, 0.2) is 12.4 Å². The van der Waals surface area contributed by atoms with Crippen molar-refractivity contribution in [3.8, 4) is 0 Å². The molecule has 2 aromatic rings. The van der Waals surface area contributed by atoms with Crippen molar-refractivity contribution in [1.29, 1.82) is 0 Å². The number of amides is 1. The van der Waals surface area contributed by atoms with E-state index in [0.717, 1.165) is 29.7 Å². The van der Waals surface area contributed by atoms with E-state index in [-0.39, 0.29) is 11.3 Å². The molecule has 3 heterocycles. The fourth-order valence-corrected chi connectivity index (χ4v) is 4.25. The summed E-state index contributed by atoms with van der Waals surface area (Å²) in [5.41, 5.74) is 1.38. The first kappa shape index (κ1) is 20.7. The van der Waals surface area contributed by atoms with E-state index in [9.17, 15) is 14.7 Å². The molecule has 8 heteroatoms. The third kappa shape index (κ3) is 4.16. The molecule has 30 heavy (non-hydrogen) atoms. The first-order valence-electron chi connectivity index (χ1n) is 9.98. The van der Waals surface area contributed by atoms with Gasteiger partial charge in [0.1, 0.15) is 18.8 Å². The van der Waals surface area contributed by atoms with Crippen LogP contribution in [0, 0.1) is 0 Å². The Labute approximate surface area is 183 Å². The molecule has 0 spiro atoms. The highest BCUT2D eigenvalue weighted by Crippen LogP contribution is 2.38. The zero-order valence-corrected chi connectivity index (χ0v) is 18.0. The summed E-state index contributed by atoms with van der Waals surface area (Å²) in [6.07, 6.45) is 3.53. The number of quaternary nitrogens is 1. The van der Waals surface area contributed by atoms with Crippen LogP contribution < -0.4 is 9.88 Å². The topological polar surface area (TPSA) is 85.4 Å². The number of ketones is 1. The number of pyridine rings is 1. The summed E-state index contributed by atoms with van der Waals surface area (Å²) >= 11 is 3.37. The van der Waals surface area contributed by atoms with E-state index in [0.29, 0.717) is 25.3 Å². The number of carbonyl (C=O) groups excluding carboxylic acids is 2. The van der Waals surface area contributed by atoms with Crippen molar-refractivity contribution in [2.45, 2.75) is 6.04 Å². The van der Waals surface area contributed by atoms with Crippen molar-refractivity contribution in [2.75, 3.05) is 39.4 Å². The quantitative estimate of drug-likeness (QED) is 0.378. The number of morpholine rings is 1. The highest BCUT2D eigenvalue weighted by molar-refractivity contribution is 9.10. The number of aliphatic hydroxyl groups is 1. The number of likely N-dealkylation sites (tertiary alicyclic amines) is 1. The van der Waals surface area contributed by atoms with Crippen LogP contribution in [-0.4, -0.2) is 61.1 Å². The van der Waals surface area contributed by atoms with Crippen LogP contribution in [0.4, 0.5) is 0 Å². The fourth-order valence-electron chi connectivity index (χ4n) is 3.99. The van der Waals surface area contributed by atoms with Crippen LogP contribution >= 0.6 is 15.9 Å². The number of aromatic amines is 1. The number of halogens is 1. The Hall–Kier alpha value is -2.55. The molecule has 2 fully saturated rings. The van der Waals surface area contributed by atoms with Gasteiger partial charge in [-0.1, -0.05) is 28.1 Å². The number of aromatic nitrogens is 1. The van der Waals surface area contributed by atoms with E-state index >= 15 is 0 Å². The lowest BCUT2D eigenvalue weighted by atomic mass is 9.96. The lowest BCUT2D eigenvalue weighted by molar-refractivity contribution is -0.907. The molecule has 3 N–H and O–H groups in total. The summed E-state index contributed by atoms with van der Waals surface area (Å²) < 4.78 is 6.27. The highest BCUT2D eigenvalue weighted by atomic mass is 79.9. The van der Waals surface area contributed by atoms with Crippen molar-refractivity contribution >= 4 is 33.4 Å². The van der Waals surface area contributed by atoms with E-state index < -0.39 is 17.7 Å². The second kappa shape index (κ2) is 9.07. The minimum absolute atomic E-state index is 0.124. The molecule has 1 amide bonds. The Balaban J connectivity index is 1.71. The van der Waals surface area contributed by atoms with Gasteiger partial charge in [0.2, 0.25) is 0 Å². The standard InChI is InChI=1S/C22H22BrN3O4/c23-17-5-3-15(4-6-17)20(27)18-19(16-2-1-7-24-14-16)26(22(29)21(18)28)9-8-25-10-12-30-13-11-25/h1-7,14,19,27H,8-13H2/p+2. The van der Waals surface area contributed by atoms with E-state index in [2.05, 4.69) is 20.9 Å². The van der Waals surface area contributed by atoms with Crippen LogP contribution in [0.25, 0.3) is 5.76 Å². The van der Waals surface area contributed by atoms with Crippen LogP contribution in [-0.2, 0) is 14.3 Å². The van der Waals surface area contributed by atoms with Crippen molar-refractivity contribution in [1.82, 2.24) is 4.90 Å². The second-order valence-electron chi connectivity index (χ2n) is 7.45. The lowest BCUT2D eigenvalue weighted by Crippen LogP contribution is -3.14. The number of rotatable bonds is 5. The SMILES string of the molecule is O=C1C(=O)N(CC[NH+]2CCOCC2)C(c2ccc[nH+]c2)C1=C(O)c1ccc(Br)cc1. The maximum atomic E-state index is 13.0. The van der Waals surface area contributed by atoms with Gasteiger partial charge in [0.25, 0.3) is 11.7 Å². The summed E-state index contributed by atoms with van der Waals surface area (Å²) in [5.74, 6) is -1.38. The number of benzene rings is 1. The number of ether oxygens (including phenoxy) is 1. The average molecular weight is 474 g/mol. The molecule has 0 radical (unpaired) electrons. The van der Waals surface area contributed by atoms with Crippen LogP contribution in [0.5, 0.6) is 0 Å². The molecular weight excluding hydrogens is 450 g/mol. The van der Waals surface area contributed by atoms with Gasteiger partial charge >= 0.3 is 0 Å². The van der Waals surface area contributed by atoms with Crippen LogP contribution in [0.2, 0.25) is 0 Å². The Morgan fingerprint density at radius 2 is 1.93 bits per heavy atom. The molecule has 1 aromatic heterocycles. The summed E-state index contributed by atoms with van der Waals surface area (Å²) in [6.45, 7) is 4.32. The van der Waals surface area contributed by atoms with Crippen LogP contribution in [0.15, 0.2) is 58.8 Å². The van der Waals surface area contributed by atoms with Gasteiger partial charge in [-0.15, -0.1) is 0 Å². The van der Waals surface area contributed by atoms with Gasteiger partial charge < -0.3 is 19.6 Å². The van der Waals surface area contributed by atoms with Gasteiger partial charge in [0, 0.05) is 21.7 Å². The number of hydrogen-bond donors (Lipinski definition) is 2. The summed E-state index contributed by atoms with van der Waals surface area (Å²) in [5, 5.41) is 11.0. The molecule has 0 bridgehead atoms. The zero-order valence-electron chi connectivity index (χ0n) is 16.4. The summed E-state index contributed by atoms with van der Waals surface area (Å²) in [6, 6.07) is 10.1. The third-order valence-corrected chi connectivity index (χ3v) is 6.14. The minimum Gasteiger partial charge on any atom is -0.507 e. The monoisotopic (exact) mass is 473 g/mol. The predicted octanol–water partition coefficient (Wildman–Crippen LogP) is 0.600. The highest BCUT2D eigenvalue weighted by Gasteiger charge is 2.46. The Morgan fingerprint density at radius 3 is 2.60 bits per heavy atom. The smallest absolute Gasteiger partial charge is 0.295 e. The first-order chi connectivity index (χ1) is 14.6. The van der Waals surface area contributed by atoms with Gasteiger partial charge in [-0.2, -0.15) is 0 Å². The zero-order chi connectivity index (χ0) is 21.1. The second-order valence-corrected chi connectivity index (χ2v) is 8.36. The first-order valence-corrected chi connectivity index (χ1v) is 10.8. The van der Waals surface area contributed by atoms with Crippen LogP contribution in [0.1, 0.15) is 17.2 Å². The predicted molar refractivity (Wildman–Crippen MR) is 113 cm³/mol. The molecule has 2 aliphatic rings. The van der Waals surface area contributed by atoms with Crippen LogP contribution in [0.3, 0.4) is 0 Å². The molecule has 0 saturated carbocycles. The van der Waals surface area contributed by atoms with Crippen molar-refractivity contribution < 1.29 is 29.3 Å².